The molecule has 5 nitrogen and oxygen atoms in total. The monoisotopic (exact) mass is 222 g/mol. The van der Waals surface area contributed by atoms with Crippen LogP contribution in [0.5, 0.6) is 5.75 Å². The number of nitrogens with zero attached hydrogens (tertiary/aromatic N) is 2. The van der Waals surface area contributed by atoms with Gasteiger partial charge in [-0.1, -0.05) is 5.16 Å². The van der Waals surface area contributed by atoms with E-state index in [0.29, 0.717) is 12.1 Å². The molecule has 1 aromatic carbocycles. The van der Waals surface area contributed by atoms with Gasteiger partial charge in [-0.25, -0.2) is 4.39 Å². The van der Waals surface area contributed by atoms with Crippen molar-refractivity contribution in [1.82, 2.24) is 10.1 Å². The van der Waals surface area contributed by atoms with Crippen LogP contribution in [0.3, 0.4) is 0 Å². The van der Waals surface area contributed by atoms with E-state index >= 15 is 0 Å². The molecule has 0 N–H and O–H groups in total. The molecule has 82 valence electrons. The lowest BCUT2D eigenvalue weighted by atomic mass is 10.2. The van der Waals surface area contributed by atoms with Crippen molar-refractivity contribution in [2.45, 2.75) is 6.61 Å². The lowest BCUT2D eigenvalue weighted by Crippen LogP contribution is -2.00. The molecule has 2 aromatic rings. The number of hydrogen-bond acceptors (Lipinski definition) is 5. The largest absolute Gasteiger partial charge is 0.485 e. The van der Waals surface area contributed by atoms with Gasteiger partial charge in [-0.15, -0.1) is 0 Å². The van der Waals surface area contributed by atoms with Crippen molar-refractivity contribution < 1.29 is 18.4 Å². The van der Waals surface area contributed by atoms with Gasteiger partial charge >= 0.3 is 0 Å². The molecule has 6 heteroatoms. The second kappa shape index (κ2) is 4.52. The van der Waals surface area contributed by atoms with E-state index < -0.39 is 5.82 Å². The molecule has 0 bridgehead atoms. The van der Waals surface area contributed by atoms with E-state index in [1.165, 1.54) is 18.5 Å². The zero-order valence-corrected chi connectivity index (χ0v) is 8.09. The lowest BCUT2D eigenvalue weighted by molar-refractivity contribution is 0.111. The van der Waals surface area contributed by atoms with Crippen molar-refractivity contribution in [2.24, 2.45) is 0 Å². The van der Waals surface area contributed by atoms with Gasteiger partial charge in [-0.05, 0) is 18.2 Å². The van der Waals surface area contributed by atoms with Crippen LogP contribution >= 0.6 is 0 Å². The number of halogens is 1. The average Bonchev–Trinajstić information content (AvgIpc) is 2.80. The summed E-state index contributed by atoms with van der Waals surface area (Å²) in [5, 5.41) is 3.53. The summed E-state index contributed by atoms with van der Waals surface area (Å²) >= 11 is 0. The molecule has 0 aliphatic carbocycles. The molecule has 0 unspecified atom stereocenters. The maximum atomic E-state index is 12.8. The summed E-state index contributed by atoms with van der Waals surface area (Å²) < 4.78 is 22.5. The molecule has 0 radical (unpaired) electrons. The Balaban J connectivity index is 2.12. The van der Waals surface area contributed by atoms with Gasteiger partial charge in [0, 0.05) is 0 Å². The Kier molecular flexibility index (Phi) is 2.90. The van der Waals surface area contributed by atoms with Gasteiger partial charge in [0.1, 0.15) is 11.6 Å². The van der Waals surface area contributed by atoms with Crippen molar-refractivity contribution in [3.8, 4) is 5.75 Å². The first-order chi connectivity index (χ1) is 7.79. The maximum absolute atomic E-state index is 12.8. The highest BCUT2D eigenvalue weighted by molar-refractivity contribution is 5.79. The minimum absolute atomic E-state index is 0.0585. The number of carbonyl (C=O) groups excluding carboxylic acids is 1. The van der Waals surface area contributed by atoms with Crippen LogP contribution in [0.1, 0.15) is 16.2 Å². The van der Waals surface area contributed by atoms with Crippen molar-refractivity contribution in [1.29, 1.82) is 0 Å². The van der Waals surface area contributed by atoms with Crippen LogP contribution in [0, 0.1) is 5.82 Å². The van der Waals surface area contributed by atoms with Crippen molar-refractivity contribution >= 4 is 6.29 Å². The molecule has 0 spiro atoms. The second-order valence-corrected chi connectivity index (χ2v) is 2.94. The second-order valence-electron chi connectivity index (χ2n) is 2.94. The molecular weight excluding hydrogens is 215 g/mol. The highest BCUT2D eigenvalue weighted by atomic mass is 19.1. The van der Waals surface area contributed by atoms with E-state index in [1.807, 2.05) is 0 Å². The number of hydrogen-bond donors (Lipinski definition) is 0. The first-order valence-electron chi connectivity index (χ1n) is 4.42. The molecule has 2 rings (SSSR count). The molecule has 0 saturated heterocycles. The fourth-order valence-electron chi connectivity index (χ4n) is 1.14. The quantitative estimate of drug-likeness (QED) is 0.735. The van der Waals surface area contributed by atoms with E-state index in [0.717, 1.165) is 6.07 Å². The standard InChI is InChI=1S/C10H7FN2O3/c11-8-1-2-9(7(3-8)4-14)15-5-10-12-6-16-13-10/h1-4,6H,5H2. The minimum Gasteiger partial charge on any atom is -0.485 e. The van der Waals surface area contributed by atoms with E-state index in [2.05, 4.69) is 14.7 Å². The Hall–Kier alpha value is -2.24. The summed E-state index contributed by atoms with van der Waals surface area (Å²) in [6.45, 7) is 0.0585. The zero-order valence-electron chi connectivity index (χ0n) is 8.09. The van der Waals surface area contributed by atoms with Gasteiger partial charge in [0.05, 0.1) is 5.56 Å². The van der Waals surface area contributed by atoms with E-state index in [-0.39, 0.29) is 17.9 Å². The molecule has 0 saturated carbocycles. The van der Waals surface area contributed by atoms with E-state index in [1.54, 1.807) is 0 Å². The molecule has 0 fully saturated rings. The normalized spacial score (nSPS) is 10.1. The highest BCUT2D eigenvalue weighted by Gasteiger charge is 2.06. The fourth-order valence-corrected chi connectivity index (χ4v) is 1.14. The number of rotatable bonds is 4. The van der Waals surface area contributed by atoms with E-state index in [9.17, 15) is 9.18 Å². The van der Waals surface area contributed by atoms with Gasteiger partial charge in [0.15, 0.2) is 12.9 Å². The fraction of sp³-hybridized carbons (Fsp3) is 0.100. The molecule has 1 heterocycles. The van der Waals surface area contributed by atoms with Crippen LogP contribution in [-0.4, -0.2) is 16.4 Å². The third-order valence-electron chi connectivity index (χ3n) is 1.86. The van der Waals surface area contributed by atoms with Crippen LogP contribution < -0.4 is 4.74 Å². The van der Waals surface area contributed by atoms with Gasteiger partial charge in [-0.2, -0.15) is 4.98 Å². The smallest absolute Gasteiger partial charge is 0.213 e. The Morgan fingerprint density at radius 1 is 1.50 bits per heavy atom. The average molecular weight is 222 g/mol. The lowest BCUT2D eigenvalue weighted by Gasteiger charge is -2.05. The van der Waals surface area contributed by atoms with Crippen molar-refractivity contribution in [2.75, 3.05) is 0 Å². The topological polar surface area (TPSA) is 65.2 Å². The summed E-state index contributed by atoms with van der Waals surface area (Å²) in [5.74, 6) is 0.136. The number of aldehydes is 1. The number of aromatic nitrogens is 2. The van der Waals surface area contributed by atoms with Crippen LogP contribution in [0.15, 0.2) is 29.1 Å². The summed E-state index contributed by atoms with van der Waals surface area (Å²) in [4.78, 5) is 14.4. The molecule has 16 heavy (non-hydrogen) atoms. The van der Waals surface area contributed by atoms with Crippen LogP contribution in [0.25, 0.3) is 0 Å². The molecule has 0 atom stereocenters. The molecule has 1 aromatic heterocycles. The third kappa shape index (κ3) is 2.22. The van der Waals surface area contributed by atoms with Crippen molar-refractivity contribution in [3.05, 3.63) is 41.8 Å². The summed E-state index contributed by atoms with van der Waals surface area (Å²) in [7, 11) is 0. The summed E-state index contributed by atoms with van der Waals surface area (Å²) in [6.07, 6.45) is 1.69. The maximum Gasteiger partial charge on any atom is 0.213 e. The van der Waals surface area contributed by atoms with Crippen LogP contribution in [-0.2, 0) is 6.61 Å². The van der Waals surface area contributed by atoms with Crippen LogP contribution in [0.4, 0.5) is 4.39 Å². The first kappa shape index (κ1) is 10.3. The number of benzene rings is 1. The van der Waals surface area contributed by atoms with Crippen molar-refractivity contribution in [3.63, 3.8) is 0 Å². The van der Waals surface area contributed by atoms with E-state index in [4.69, 9.17) is 4.74 Å². The summed E-state index contributed by atoms with van der Waals surface area (Å²) in [5.41, 5.74) is 0.142. The van der Waals surface area contributed by atoms with Crippen LogP contribution in [0.2, 0.25) is 0 Å². The van der Waals surface area contributed by atoms with Gasteiger partial charge in [0.2, 0.25) is 12.2 Å². The molecule has 0 aliphatic heterocycles. The highest BCUT2D eigenvalue weighted by Crippen LogP contribution is 2.18. The minimum atomic E-state index is -0.492. The third-order valence-corrected chi connectivity index (χ3v) is 1.86. The number of ether oxygens (including phenoxy) is 1. The number of carbonyl (C=O) groups is 1. The van der Waals surface area contributed by atoms with Gasteiger partial charge in [-0.3, -0.25) is 4.79 Å². The molecule has 0 amide bonds. The Labute approximate surface area is 89.8 Å². The molecular formula is C10H7FN2O3. The predicted octanol–water partition coefficient (Wildman–Crippen LogP) is 1.60. The summed E-state index contributed by atoms with van der Waals surface area (Å²) in [6, 6.07) is 3.68. The van der Waals surface area contributed by atoms with Gasteiger partial charge in [0.25, 0.3) is 0 Å². The van der Waals surface area contributed by atoms with Gasteiger partial charge < -0.3 is 9.26 Å². The Morgan fingerprint density at radius 2 is 2.38 bits per heavy atom. The Morgan fingerprint density at radius 3 is 3.06 bits per heavy atom. The Bertz CT molecular complexity index is 485. The molecule has 0 aliphatic rings. The zero-order chi connectivity index (χ0) is 11.4. The first-order valence-corrected chi connectivity index (χ1v) is 4.42. The predicted molar refractivity (Wildman–Crippen MR) is 50.4 cm³/mol. The SMILES string of the molecule is O=Cc1cc(F)ccc1OCc1ncon1.